The summed E-state index contributed by atoms with van der Waals surface area (Å²) in [7, 11) is 0. The Hall–Kier alpha value is -0.680. The second kappa shape index (κ2) is 4.78. The average molecular weight is 315 g/mol. The summed E-state index contributed by atoms with van der Waals surface area (Å²) < 4.78 is 8.53. The normalized spacial score (nSPS) is 22.4. The first-order valence-corrected chi connectivity index (χ1v) is 7.01. The van der Waals surface area contributed by atoms with Gasteiger partial charge in [0, 0.05) is 5.69 Å². The van der Waals surface area contributed by atoms with Crippen molar-refractivity contribution in [2.75, 3.05) is 0 Å². The molecule has 1 aromatic heterocycles. The van der Waals surface area contributed by atoms with Crippen molar-refractivity contribution in [1.29, 1.82) is 0 Å². The van der Waals surface area contributed by atoms with E-state index in [0.717, 1.165) is 28.7 Å². The van der Waals surface area contributed by atoms with Crippen LogP contribution in [-0.4, -0.2) is 21.3 Å². The van der Waals surface area contributed by atoms with Gasteiger partial charge in [-0.15, -0.1) is 0 Å². The van der Waals surface area contributed by atoms with E-state index < -0.39 is 0 Å². The summed E-state index contributed by atoms with van der Waals surface area (Å²) in [5.41, 5.74) is 1.39. The summed E-state index contributed by atoms with van der Waals surface area (Å²) in [5.74, 6) is 0. The average Bonchev–Trinajstić information content (AvgIpc) is 2.61. The molecule has 5 heteroatoms. The number of aryl methyl sites for hydroxylation is 1. The second-order valence-corrected chi connectivity index (χ2v) is 6.32. The third kappa shape index (κ3) is 2.67. The summed E-state index contributed by atoms with van der Waals surface area (Å²) in [6.07, 6.45) is 2.13. The van der Waals surface area contributed by atoms with Crippen molar-refractivity contribution in [3.05, 3.63) is 26.3 Å². The number of ether oxygens (including phenoxy) is 1. The fraction of sp³-hybridized carbons (Fsp3) is 0.692. The smallest absolute Gasteiger partial charge is 0.348 e. The standard InChI is InChI=1S/C13H19BrN2O2/c1-8-11(14)9(2)16(12(17)15-8)7-10-5-6-13(3,4)18-10/h10H,5-7H2,1-4H3. The Balaban J connectivity index is 2.26. The summed E-state index contributed by atoms with van der Waals surface area (Å²) >= 11 is 3.47. The Labute approximate surface area is 116 Å². The Bertz CT molecular complexity index is 522. The monoisotopic (exact) mass is 314 g/mol. The molecule has 4 nitrogen and oxygen atoms in total. The molecule has 0 bridgehead atoms. The van der Waals surface area contributed by atoms with Crippen molar-refractivity contribution < 1.29 is 4.74 Å². The highest BCUT2D eigenvalue weighted by Crippen LogP contribution is 2.30. The molecule has 0 radical (unpaired) electrons. The fourth-order valence-corrected chi connectivity index (χ4v) is 2.70. The summed E-state index contributed by atoms with van der Waals surface area (Å²) in [4.78, 5) is 16.0. The molecule has 1 aliphatic heterocycles. The van der Waals surface area contributed by atoms with E-state index in [1.165, 1.54) is 0 Å². The molecule has 100 valence electrons. The Morgan fingerprint density at radius 2 is 2.17 bits per heavy atom. The third-order valence-electron chi connectivity index (χ3n) is 3.47. The molecule has 1 unspecified atom stereocenters. The maximum Gasteiger partial charge on any atom is 0.348 e. The predicted molar refractivity (Wildman–Crippen MR) is 73.9 cm³/mol. The van der Waals surface area contributed by atoms with Gasteiger partial charge in [0.05, 0.1) is 28.4 Å². The van der Waals surface area contributed by atoms with Crippen LogP contribution in [0.1, 0.15) is 38.1 Å². The highest BCUT2D eigenvalue weighted by Gasteiger charge is 2.32. The van der Waals surface area contributed by atoms with Crippen LogP contribution < -0.4 is 5.69 Å². The largest absolute Gasteiger partial charge is 0.370 e. The molecule has 18 heavy (non-hydrogen) atoms. The second-order valence-electron chi connectivity index (χ2n) is 5.53. The lowest BCUT2D eigenvalue weighted by Gasteiger charge is -2.21. The highest BCUT2D eigenvalue weighted by molar-refractivity contribution is 9.10. The van der Waals surface area contributed by atoms with E-state index in [2.05, 4.69) is 34.8 Å². The van der Waals surface area contributed by atoms with E-state index in [1.54, 1.807) is 4.57 Å². The molecule has 0 saturated carbocycles. The van der Waals surface area contributed by atoms with Crippen LogP contribution >= 0.6 is 15.9 Å². The fourth-order valence-electron chi connectivity index (χ4n) is 2.40. The van der Waals surface area contributed by atoms with Crippen molar-refractivity contribution in [1.82, 2.24) is 9.55 Å². The van der Waals surface area contributed by atoms with Gasteiger partial charge in [-0.1, -0.05) is 0 Å². The van der Waals surface area contributed by atoms with E-state index in [4.69, 9.17) is 4.74 Å². The molecule has 1 saturated heterocycles. The molecule has 1 aliphatic rings. The van der Waals surface area contributed by atoms with Gasteiger partial charge in [-0.05, 0) is 56.5 Å². The molecule has 0 amide bonds. The number of nitrogens with zero attached hydrogens (tertiary/aromatic N) is 2. The minimum Gasteiger partial charge on any atom is -0.370 e. The van der Waals surface area contributed by atoms with Gasteiger partial charge >= 0.3 is 5.69 Å². The molecule has 1 fully saturated rings. The van der Waals surface area contributed by atoms with Crippen LogP contribution in [0.15, 0.2) is 9.27 Å². The van der Waals surface area contributed by atoms with Gasteiger partial charge in [0.15, 0.2) is 0 Å². The van der Waals surface area contributed by atoms with Crippen LogP contribution in [0.25, 0.3) is 0 Å². The van der Waals surface area contributed by atoms with Crippen LogP contribution in [0.4, 0.5) is 0 Å². The predicted octanol–water partition coefficient (Wildman–Crippen LogP) is 2.58. The number of hydrogen-bond donors (Lipinski definition) is 0. The molecule has 2 heterocycles. The quantitative estimate of drug-likeness (QED) is 0.842. The lowest BCUT2D eigenvalue weighted by Crippen LogP contribution is -2.32. The summed E-state index contributed by atoms with van der Waals surface area (Å²) in [6.45, 7) is 8.52. The Morgan fingerprint density at radius 1 is 1.50 bits per heavy atom. The van der Waals surface area contributed by atoms with Gasteiger partial charge in [-0.25, -0.2) is 4.79 Å². The number of halogens is 1. The van der Waals surface area contributed by atoms with Crippen LogP contribution in [0.5, 0.6) is 0 Å². The zero-order valence-electron chi connectivity index (χ0n) is 11.3. The number of aromatic nitrogens is 2. The maximum absolute atomic E-state index is 11.9. The molecular weight excluding hydrogens is 296 g/mol. The van der Waals surface area contributed by atoms with E-state index >= 15 is 0 Å². The first-order chi connectivity index (χ1) is 8.30. The van der Waals surface area contributed by atoms with Crippen LogP contribution in [-0.2, 0) is 11.3 Å². The first-order valence-electron chi connectivity index (χ1n) is 6.21. The Kier molecular flexibility index (Phi) is 3.65. The SMILES string of the molecule is Cc1nc(=O)n(CC2CCC(C)(C)O2)c(C)c1Br. The molecular formula is C13H19BrN2O2. The third-order valence-corrected chi connectivity index (χ3v) is 4.62. The molecule has 0 aromatic carbocycles. The van der Waals surface area contributed by atoms with Gasteiger partial charge in [0.25, 0.3) is 0 Å². The van der Waals surface area contributed by atoms with Crippen molar-refractivity contribution in [2.24, 2.45) is 0 Å². The minimum atomic E-state index is -0.193. The zero-order chi connectivity index (χ0) is 13.5. The van der Waals surface area contributed by atoms with Gasteiger partial charge in [-0.2, -0.15) is 4.98 Å². The van der Waals surface area contributed by atoms with Gasteiger partial charge < -0.3 is 4.74 Å². The lowest BCUT2D eigenvalue weighted by atomic mass is 10.1. The summed E-state index contributed by atoms with van der Waals surface area (Å²) in [5, 5.41) is 0. The molecule has 1 aromatic rings. The highest BCUT2D eigenvalue weighted by atomic mass is 79.9. The van der Waals surface area contributed by atoms with E-state index in [9.17, 15) is 4.79 Å². The lowest BCUT2D eigenvalue weighted by molar-refractivity contribution is -0.0224. The van der Waals surface area contributed by atoms with E-state index in [-0.39, 0.29) is 17.4 Å². The maximum atomic E-state index is 11.9. The van der Waals surface area contributed by atoms with Crippen molar-refractivity contribution in [2.45, 2.75) is 58.8 Å². The van der Waals surface area contributed by atoms with Crippen LogP contribution in [0, 0.1) is 13.8 Å². The number of hydrogen-bond acceptors (Lipinski definition) is 3. The van der Waals surface area contributed by atoms with Gasteiger partial charge in [0.1, 0.15) is 0 Å². The number of rotatable bonds is 2. The van der Waals surface area contributed by atoms with Crippen LogP contribution in [0.3, 0.4) is 0 Å². The molecule has 2 rings (SSSR count). The molecule has 0 aliphatic carbocycles. The van der Waals surface area contributed by atoms with E-state index in [1.807, 2.05) is 13.8 Å². The van der Waals surface area contributed by atoms with Crippen molar-refractivity contribution in [3.8, 4) is 0 Å². The molecule has 0 N–H and O–H groups in total. The zero-order valence-corrected chi connectivity index (χ0v) is 12.9. The topological polar surface area (TPSA) is 44.1 Å². The van der Waals surface area contributed by atoms with Gasteiger partial charge in [-0.3, -0.25) is 4.57 Å². The first kappa shape index (κ1) is 13.7. The van der Waals surface area contributed by atoms with Crippen molar-refractivity contribution in [3.63, 3.8) is 0 Å². The Morgan fingerprint density at radius 3 is 2.72 bits per heavy atom. The van der Waals surface area contributed by atoms with Crippen molar-refractivity contribution >= 4 is 15.9 Å². The summed E-state index contributed by atoms with van der Waals surface area (Å²) in [6, 6.07) is 0. The van der Waals surface area contributed by atoms with E-state index in [0.29, 0.717) is 6.54 Å². The van der Waals surface area contributed by atoms with Crippen LogP contribution in [0.2, 0.25) is 0 Å². The molecule has 0 spiro atoms. The minimum absolute atomic E-state index is 0.0719. The van der Waals surface area contributed by atoms with Gasteiger partial charge in [0.2, 0.25) is 0 Å². The molecule has 1 atom stereocenters.